The van der Waals surface area contributed by atoms with Crippen molar-refractivity contribution in [2.24, 2.45) is 7.05 Å². The minimum absolute atomic E-state index is 0.0382. The van der Waals surface area contributed by atoms with Crippen molar-refractivity contribution in [3.63, 3.8) is 0 Å². The molecule has 0 fully saturated rings. The number of carbonyl (C=O) groups excluding carboxylic acids is 1. The average Bonchev–Trinajstić information content (AvgIpc) is 3.10. The highest BCUT2D eigenvalue weighted by Gasteiger charge is 2.21. The number of hydrogen-bond donors (Lipinski definition) is 2. The molecule has 4 aromatic rings. The van der Waals surface area contributed by atoms with Gasteiger partial charge in [-0.25, -0.2) is 17.5 Å². The van der Waals surface area contributed by atoms with Crippen molar-refractivity contribution in [3.8, 4) is 0 Å². The lowest BCUT2D eigenvalue weighted by atomic mass is 10.2. The highest BCUT2D eigenvalue weighted by Crippen LogP contribution is 2.24. The first-order chi connectivity index (χ1) is 15.2. The fraction of sp³-hybridized carbons (Fsp3) is 0.0909. The molecule has 0 aliphatic carbocycles. The summed E-state index contributed by atoms with van der Waals surface area (Å²) in [4.78, 5) is 12.8. The molecule has 1 amide bonds. The molecule has 0 radical (unpaired) electrons. The van der Waals surface area contributed by atoms with E-state index in [9.17, 15) is 17.6 Å². The van der Waals surface area contributed by atoms with Gasteiger partial charge in [0, 0.05) is 24.7 Å². The number of halogens is 2. The number of nitrogens with one attached hydrogen (secondary N) is 2. The summed E-state index contributed by atoms with van der Waals surface area (Å²) < 4.78 is 42.7. The van der Waals surface area contributed by atoms with E-state index in [4.69, 9.17) is 11.6 Å². The van der Waals surface area contributed by atoms with E-state index in [1.54, 1.807) is 7.05 Å². The van der Waals surface area contributed by atoms with Crippen LogP contribution in [0.25, 0.3) is 10.9 Å². The molecule has 0 saturated carbocycles. The minimum atomic E-state index is -3.78. The van der Waals surface area contributed by atoms with Gasteiger partial charge in [-0.05, 0) is 42.0 Å². The van der Waals surface area contributed by atoms with E-state index in [-0.39, 0.29) is 22.2 Å². The Morgan fingerprint density at radius 2 is 1.84 bits per heavy atom. The molecule has 7 nitrogen and oxygen atoms in total. The number of amides is 1. The molecule has 0 aliphatic heterocycles. The number of anilines is 1. The zero-order chi connectivity index (χ0) is 22.9. The van der Waals surface area contributed by atoms with Gasteiger partial charge in [0.25, 0.3) is 5.91 Å². The van der Waals surface area contributed by atoms with Crippen LogP contribution >= 0.6 is 11.6 Å². The predicted molar refractivity (Wildman–Crippen MR) is 121 cm³/mol. The van der Waals surface area contributed by atoms with Gasteiger partial charge in [-0.3, -0.25) is 9.48 Å². The molecule has 0 aliphatic rings. The summed E-state index contributed by atoms with van der Waals surface area (Å²) in [6, 6.07) is 17.4. The highest BCUT2D eigenvalue weighted by molar-refractivity contribution is 7.89. The fourth-order valence-electron chi connectivity index (χ4n) is 3.24. The van der Waals surface area contributed by atoms with Gasteiger partial charge in [0.15, 0.2) is 0 Å². The molecule has 3 aromatic carbocycles. The monoisotopic (exact) mass is 472 g/mol. The minimum Gasteiger partial charge on any atom is -0.321 e. The van der Waals surface area contributed by atoms with Gasteiger partial charge in [0.05, 0.1) is 15.4 Å². The Morgan fingerprint density at radius 1 is 1.09 bits per heavy atom. The number of benzene rings is 3. The van der Waals surface area contributed by atoms with E-state index in [1.165, 1.54) is 35.0 Å². The molecule has 4 rings (SSSR count). The number of hydrogen-bond acceptors (Lipinski definition) is 4. The Kier molecular flexibility index (Phi) is 5.96. The number of aromatic nitrogens is 2. The molecular formula is C22H18ClFN4O3S. The molecule has 1 aromatic heterocycles. The topological polar surface area (TPSA) is 93.1 Å². The summed E-state index contributed by atoms with van der Waals surface area (Å²) >= 11 is 5.77. The molecule has 32 heavy (non-hydrogen) atoms. The van der Waals surface area contributed by atoms with E-state index in [2.05, 4.69) is 15.1 Å². The first-order valence-electron chi connectivity index (χ1n) is 9.51. The number of rotatable bonds is 6. The third kappa shape index (κ3) is 4.50. The lowest BCUT2D eigenvalue weighted by molar-refractivity contribution is 0.101. The Bertz CT molecular complexity index is 1420. The van der Waals surface area contributed by atoms with Gasteiger partial charge < -0.3 is 5.32 Å². The van der Waals surface area contributed by atoms with Gasteiger partial charge >= 0.3 is 0 Å². The van der Waals surface area contributed by atoms with Crippen molar-refractivity contribution >= 4 is 44.1 Å². The maximum Gasteiger partial charge on any atom is 0.274 e. The van der Waals surface area contributed by atoms with Crippen LogP contribution in [0.3, 0.4) is 0 Å². The largest absolute Gasteiger partial charge is 0.321 e. The molecular weight excluding hydrogens is 455 g/mol. The molecule has 10 heteroatoms. The Balaban J connectivity index is 1.59. The van der Waals surface area contributed by atoms with Crippen LogP contribution < -0.4 is 10.0 Å². The third-order valence-electron chi connectivity index (χ3n) is 4.82. The zero-order valence-electron chi connectivity index (χ0n) is 16.8. The molecule has 0 saturated heterocycles. The van der Waals surface area contributed by atoms with Crippen LogP contribution in [0.5, 0.6) is 0 Å². The van der Waals surface area contributed by atoms with Crippen LogP contribution in [0.1, 0.15) is 16.1 Å². The van der Waals surface area contributed by atoms with Gasteiger partial charge in [0.2, 0.25) is 10.0 Å². The molecule has 1 heterocycles. The first-order valence-corrected chi connectivity index (χ1v) is 11.4. The van der Waals surface area contributed by atoms with Crippen molar-refractivity contribution < 1.29 is 17.6 Å². The van der Waals surface area contributed by atoms with Gasteiger partial charge in [0.1, 0.15) is 11.5 Å². The van der Waals surface area contributed by atoms with Crippen LogP contribution in [-0.4, -0.2) is 24.1 Å². The smallest absolute Gasteiger partial charge is 0.274 e. The normalized spacial score (nSPS) is 11.6. The summed E-state index contributed by atoms with van der Waals surface area (Å²) in [5.41, 5.74) is 1.72. The maximum atomic E-state index is 13.4. The van der Waals surface area contributed by atoms with E-state index >= 15 is 0 Å². The van der Waals surface area contributed by atoms with Crippen LogP contribution in [0.15, 0.2) is 71.6 Å². The molecule has 0 bridgehead atoms. The van der Waals surface area contributed by atoms with Gasteiger partial charge in [-0.15, -0.1) is 0 Å². The van der Waals surface area contributed by atoms with Crippen molar-refractivity contribution in [1.82, 2.24) is 14.5 Å². The standard InChI is InChI=1S/C22H18ClFN4O3S/c1-28-21(22(29)26-15-7-10-19(24)18(23)11-15)17-9-8-16(12-20(17)27-28)32(30,31)25-13-14-5-3-2-4-6-14/h2-12,25H,13H2,1H3,(H,26,29). The fourth-order valence-corrected chi connectivity index (χ4v) is 4.46. The number of aryl methyl sites for hydroxylation is 1. The Labute approximate surface area is 188 Å². The third-order valence-corrected chi connectivity index (χ3v) is 6.51. The molecule has 0 atom stereocenters. The SMILES string of the molecule is Cn1nc2cc(S(=O)(=O)NCc3ccccc3)ccc2c1C(=O)Nc1ccc(F)c(Cl)c1. The quantitative estimate of drug-likeness (QED) is 0.442. The Hall–Kier alpha value is -3.27. The van der Waals surface area contributed by atoms with Crippen molar-refractivity contribution in [2.75, 3.05) is 5.32 Å². The van der Waals surface area contributed by atoms with Gasteiger partial charge in [-0.2, -0.15) is 5.10 Å². The van der Waals surface area contributed by atoms with Crippen molar-refractivity contribution in [1.29, 1.82) is 0 Å². The zero-order valence-corrected chi connectivity index (χ0v) is 18.4. The summed E-state index contributed by atoms with van der Waals surface area (Å²) in [5.74, 6) is -1.08. The summed E-state index contributed by atoms with van der Waals surface area (Å²) in [5, 5.41) is 7.28. The van der Waals surface area contributed by atoms with E-state index in [0.717, 1.165) is 11.6 Å². The lowest BCUT2D eigenvalue weighted by Gasteiger charge is -2.08. The maximum absolute atomic E-state index is 13.4. The van der Waals surface area contributed by atoms with Gasteiger partial charge in [-0.1, -0.05) is 41.9 Å². The van der Waals surface area contributed by atoms with E-state index in [1.807, 2.05) is 30.3 Å². The average molecular weight is 473 g/mol. The summed E-state index contributed by atoms with van der Waals surface area (Å²) in [6.07, 6.45) is 0. The Morgan fingerprint density at radius 3 is 2.56 bits per heavy atom. The summed E-state index contributed by atoms with van der Waals surface area (Å²) in [7, 11) is -2.20. The van der Waals surface area contributed by atoms with Crippen LogP contribution in [-0.2, 0) is 23.6 Å². The second kappa shape index (κ2) is 8.70. The molecule has 0 unspecified atom stereocenters. The number of fused-ring (bicyclic) bond motifs is 1. The van der Waals surface area contributed by atoms with Crippen LogP contribution in [0.4, 0.5) is 10.1 Å². The highest BCUT2D eigenvalue weighted by atomic mass is 35.5. The first kappa shape index (κ1) is 21.9. The number of carbonyl (C=O) groups is 1. The van der Waals surface area contributed by atoms with E-state index < -0.39 is 21.7 Å². The van der Waals surface area contributed by atoms with Crippen molar-refractivity contribution in [3.05, 3.63) is 88.8 Å². The lowest BCUT2D eigenvalue weighted by Crippen LogP contribution is -2.23. The molecule has 2 N–H and O–H groups in total. The second-order valence-corrected chi connectivity index (χ2v) is 9.22. The van der Waals surface area contributed by atoms with Crippen LogP contribution in [0.2, 0.25) is 5.02 Å². The van der Waals surface area contributed by atoms with E-state index in [0.29, 0.717) is 16.6 Å². The molecule has 164 valence electrons. The second-order valence-electron chi connectivity index (χ2n) is 7.04. The van der Waals surface area contributed by atoms with Crippen LogP contribution in [0, 0.1) is 5.82 Å². The summed E-state index contributed by atoms with van der Waals surface area (Å²) in [6.45, 7) is 0.150. The predicted octanol–water partition coefficient (Wildman–Crippen LogP) is 4.10. The van der Waals surface area contributed by atoms with Crippen molar-refractivity contribution in [2.45, 2.75) is 11.4 Å². The number of nitrogens with zero attached hydrogens (tertiary/aromatic N) is 2. The number of sulfonamides is 1. The molecule has 0 spiro atoms.